The van der Waals surface area contributed by atoms with Crippen molar-refractivity contribution in [2.75, 3.05) is 27.2 Å². The van der Waals surface area contributed by atoms with Gasteiger partial charge in [-0.05, 0) is 78.7 Å². The summed E-state index contributed by atoms with van der Waals surface area (Å²) in [5.74, 6) is 0. The topological polar surface area (TPSA) is 49.8 Å². The highest BCUT2D eigenvalue weighted by molar-refractivity contribution is 5.66. The van der Waals surface area contributed by atoms with Gasteiger partial charge in [0.1, 0.15) is 5.60 Å². The number of halogens is 3. The molecule has 1 atom stereocenters. The van der Waals surface area contributed by atoms with Crippen molar-refractivity contribution in [3.63, 3.8) is 0 Å². The van der Waals surface area contributed by atoms with Crippen molar-refractivity contribution in [2.24, 2.45) is 0 Å². The lowest BCUT2D eigenvalue weighted by molar-refractivity contribution is -0.137. The molecule has 1 aliphatic heterocycles. The Morgan fingerprint density at radius 2 is 1.84 bits per heavy atom. The molecule has 8 heteroatoms. The maximum absolute atomic E-state index is 13.7. The fourth-order valence-electron chi connectivity index (χ4n) is 4.49. The summed E-state index contributed by atoms with van der Waals surface area (Å²) in [5, 5.41) is 9.02. The van der Waals surface area contributed by atoms with Crippen LogP contribution >= 0.6 is 0 Å². The summed E-state index contributed by atoms with van der Waals surface area (Å²) in [7, 11) is 3.92. The van der Waals surface area contributed by atoms with Crippen LogP contribution in [0.2, 0.25) is 0 Å². The number of nitrogens with zero attached hydrogens (tertiary/aromatic N) is 3. The molecule has 0 radical (unpaired) electrons. The molecule has 0 saturated heterocycles. The second-order valence-corrected chi connectivity index (χ2v) is 9.39. The van der Waals surface area contributed by atoms with Gasteiger partial charge in [0.15, 0.2) is 5.69 Å². The molecule has 3 aromatic rings. The van der Waals surface area contributed by atoms with E-state index >= 15 is 0 Å². The first-order valence-electron chi connectivity index (χ1n) is 11.7. The summed E-state index contributed by atoms with van der Waals surface area (Å²) in [4.78, 5) is 5.52. The van der Waals surface area contributed by atoms with Crippen LogP contribution in [0.15, 0.2) is 60.7 Å². The molecule has 1 heterocycles. The molecule has 5 nitrogen and oxygen atoms in total. The summed E-state index contributed by atoms with van der Waals surface area (Å²) in [6, 6.07) is 17.8. The molecule has 1 unspecified atom stereocenters. The molecule has 190 valence electrons. The number of hydrogen-bond donors (Lipinski definition) is 0. The minimum Gasteiger partial charge on any atom is -0.373 e. The van der Waals surface area contributed by atoms with Gasteiger partial charge in [-0.15, -0.1) is 0 Å². The van der Waals surface area contributed by atoms with Crippen molar-refractivity contribution in [1.29, 1.82) is 5.26 Å². The zero-order chi connectivity index (χ0) is 26.6. The molecule has 37 heavy (non-hydrogen) atoms. The predicted octanol–water partition coefficient (Wildman–Crippen LogP) is 6.69. The predicted molar refractivity (Wildman–Crippen MR) is 134 cm³/mol. The largest absolute Gasteiger partial charge is 0.416 e. The van der Waals surface area contributed by atoms with Crippen LogP contribution in [0, 0.1) is 17.9 Å². The summed E-state index contributed by atoms with van der Waals surface area (Å²) >= 11 is 0. The highest BCUT2D eigenvalue weighted by Gasteiger charge is 2.40. The van der Waals surface area contributed by atoms with Gasteiger partial charge in [-0.2, -0.15) is 18.4 Å². The SMILES string of the molecule is [C-]#[N+]c1ccc2c(c1)COC2(CCN(C)C)COCc1cc(-c2ccc(C#N)cc2)cc(C(F)(F)F)c1. The summed E-state index contributed by atoms with van der Waals surface area (Å²) in [6.45, 7) is 8.47. The smallest absolute Gasteiger partial charge is 0.373 e. The molecule has 3 aromatic carbocycles. The van der Waals surface area contributed by atoms with E-state index in [1.807, 2.05) is 37.2 Å². The van der Waals surface area contributed by atoms with Crippen LogP contribution in [0.25, 0.3) is 16.0 Å². The molecular weight excluding hydrogens is 479 g/mol. The molecule has 0 spiro atoms. The van der Waals surface area contributed by atoms with E-state index in [0.717, 1.165) is 29.8 Å². The zero-order valence-electron chi connectivity index (χ0n) is 20.6. The van der Waals surface area contributed by atoms with E-state index in [-0.39, 0.29) is 13.2 Å². The molecular formula is C29H26F3N3O2. The zero-order valence-corrected chi connectivity index (χ0v) is 20.6. The minimum absolute atomic E-state index is 0.0320. The fraction of sp³-hybridized carbons (Fsp3) is 0.310. The van der Waals surface area contributed by atoms with Crippen LogP contribution in [0.5, 0.6) is 0 Å². The van der Waals surface area contributed by atoms with Gasteiger partial charge in [0.2, 0.25) is 0 Å². The van der Waals surface area contributed by atoms with Crippen molar-refractivity contribution < 1.29 is 22.6 Å². The average molecular weight is 506 g/mol. The van der Waals surface area contributed by atoms with Gasteiger partial charge in [0, 0.05) is 6.54 Å². The van der Waals surface area contributed by atoms with Crippen molar-refractivity contribution in [3.05, 3.63) is 99.9 Å². The Hall–Kier alpha value is -3.69. The van der Waals surface area contributed by atoms with Crippen molar-refractivity contribution in [2.45, 2.75) is 31.4 Å². The third-order valence-electron chi connectivity index (χ3n) is 6.45. The van der Waals surface area contributed by atoms with E-state index in [1.54, 1.807) is 36.4 Å². The summed E-state index contributed by atoms with van der Waals surface area (Å²) in [6.07, 6.45) is -3.89. The van der Waals surface area contributed by atoms with E-state index < -0.39 is 17.3 Å². The maximum atomic E-state index is 13.7. The van der Waals surface area contributed by atoms with Crippen molar-refractivity contribution >= 4 is 5.69 Å². The van der Waals surface area contributed by atoms with E-state index in [0.29, 0.717) is 41.0 Å². The van der Waals surface area contributed by atoms with Crippen LogP contribution < -0.4 is 0 Å². The van der Waals surface area contributed by atoms with Gasteiger partial charge in [0.05, 0.1) is 43.6 Å². The van der Waals surface area contributed by atoms with E-state index in [2.05, 4.69) is 4.85 Å². The summed E-state index contributed by atoms with van der Waals surface area (Å²) < 4.78 is 53.3. The number of fused-ring (bicyclic) bond motifs is 1. The normalized spacial score (nSPS) is 16.9. The van der Waals surface area contributed by atoms with Crippen LogP contribution in [-0.4, -0.2) is 32.1 Å². The van der Waals surface area contributed by atoms with Gasteiger partial charge < -0.3 is 14.4 Å². The number of benzene rings is 3. The molecule has 1 aliphatic rings. The first-order chi connectivity index (χ1) is 17.6. The fourth-order valence-corrected chi connectivity index (χ4v) is 4.49. The molecule has 0 saturated carbocycles. The number of rotatable bonds is 8. The summed E-state index contributed by atoms with van der Waals surface area (Å²) in [5.41, 5.74) is 2.70. The number of alkyl halides is 3. The molecule has 0 aliphatic carbocycles. The second-order valence-electron chi connectivity index (χ2n) is 9.39. The van der Waals surface area contributed by atoms with E-state index in [1.165, 1.54) is 0 Å². The molecule has 0 N–H and O–H groups in total. The third-order valence-corrected chi connectivity index (χ3v) is 6.45. The maximum Gasteiger partial charge on any atom is 0.416 e. The number of hydrogen-bond acceptors (Lipinski definition) is 4. The Bertz CT molecular complexity index is 1350. The molecule has 0 amide bonds. The van der Waals surface area contributed by atoms with Gasteiger partial charge in [0.25, 0.3) is 0 Å². The van der Waals surface area contributed by atoms with Crippen LogP contribution in [-0.2, 0) is 34.5 Å². The van der Waals surface area contributed by atoms with Gasteiger partial charge in [-0.3, -0.25) is 0 Å². The molecule has 0 bridgehead atoms. The van der Waals surface area contributed by atoms with Gasteiger partial charge in [-0.1, -0.05) is 30.3 Å². The van der Waals surface area contributed by atoms with E-state index in [9.17, 15) is 13.2 Å². The monoisotopic (exact) mass is 505 g/mol. The first kappa shape index (κ1) is 26.4. The third kappa shape index (κ3) is 6.00. The Balaban J connectivity index is 1.59. The average Bonchev–Trinajstić information content (AvgIpc) is 3.24. The highest BCUT2D eigenvalue weighted by Crippen LogP contribution is 2.41. The second kappa shape index (κ2) is 10.7. The number of ether oxygens (including phenoxy) is 2. The lowest BCUT2D eigenvalue weighted by Crippen LogP contribution is -2.35. The van der Waals surface area contributed by atoms with Crippen LogP contribution in [0.4, 0.5) is 18.9 Å². The van der Waals surface area contributed by atoms with Crippen LogP contribution in [0.1, 0.15) is 34.2 Å². The number of nitriles is 1. The quantitative estimate of drug-likeness (QED) is 0.320. The van der Waals surface area contributed by atoms with Crippen molar-refractivity contribution in [1.82, 2.24) is 4.90 Å². The highest BCUT2D eigenvalue weighted by atomic mass is 19.4. The van der Waals surface area contributed by atoms with Gasteiger partial charge >= 0.3 is 6.18 Å². The standard InChI is InChI=1S/C29H26F3N3O2/c1-34-26-8-9-27-24(15-26)18-37-28(27,10-11-35(2)3)19-36-17-21-12-23(14-25(13-21)29(30,31)32)22-6-4-20(16-33)5-7-22/h4-9,12-15H,10-11,17-19H2,2-3H3. The Kier molecular flexibility index (Phi) is 7.65. The van der Waals surface area contributed by atoms with E-state index in [4.69, 9.17) is 21.3 Å². The van der Waals surface area contributed by atoms with Crippen molar-refractivity contribution in [3.8, 4) is 17.2 Å². The van der Waals surface area contributed by atoms with Crippen LogP contribution in [0.3, 0.4) is 0 Å². The lowest BCUT2D eigenvalue weighted by Gasteiger charge is -2.31. The first-order valence-corrected chi connectivity index (χ1v) is 11.7. The minimum atomic E-state index is -4.52. The Morgan fingerprint density at radius 1 is 1.08 bits per heavy atom. The van der Waals surface area contributed by atoms with Gasteiger partial charge in [-0.25, -0.2) is 4.85 Å². The molecule has 0 aromatic heterocycles. The Morgan fingerprint density at radius 3 is 2.49 bits per heavy atom. The lowest BCUT2D eigenvalue weighted by atomic mass is 9.89. The molecule has 0 fully saturated rings. The Labute approximate surface area is 214 Å². The molecule has 4 rings (SSSR count).